The van der Waals surface area contributed by atoms with Gasteiger partial charge in [-0.2, -0.15) is 0 Å². The number of hydrogen-bond donors (Lipinski definition) is 1. The van der Waals surface area contributed by atoms with Crippen LogP contribution in [0.1, 0.15) is 20.8 Å². The maximum absolute atomic E-state index is 12.1. The second-order valence-corrected chi connectivity index (χ2v) is 9.88. The van der Waals surface area contributed by atoms with Gasteiger partial charge in [-0.25, -0.2) is 4.79 Å². The van der Waals surface area contributed by atoms with E-state index in [1.54, 1.807) is 4.90 Å². The lowest BCUT2D eigenvalue weighted by molar-refractivity contribution is -0.173. The van der Waals surface area contributed by atoms with Gasteiger partial charge < -0.3 is 10.0 Å². The number of β-lactam (4-membered cyclic amide) rings is 1. The largest absolute Gasteiger partial charge is 0.480 e. The first kappa shape index (κ1) is 14.6. The Morgan fingerprint density at radius 3 is 2.18 bits per heavy atom. The van der Waals surface area contributed by atoms with Crippen LogP contribution < -0.4 is 0 Å². The summed E-state index contributed by atoms with van der Waals surface area (Å²) in [4.78, 5) is 25.5. The summed E-state index contributed by atoms with van der Waals surface area (Å²) in [5, 5.41) is 8.29. The van der Waals surface area contributed by atoms with Crippen LogP contribution in [0.4, 0.5) is 0 Å². The van der Waals surface area contributed by atoms with Crippen LogP contribution in [0.15, 0.2) is 0 Å². The third-order valence-corrected chi connectivity index (χ3v) is 7.22. The summed E-state index contributed by atoms with van der Waals surface area (Å²) in [7, 11) is -1.56. The van der Waals surface area contributed by atoms with Gasteiger partial charge in [0.25, 0.3) is 0 Å². The predicted molar refractivity (Wildman–Crippen MR) is 73.1 cm³/mol. The normalized spacial score (nSPS) is 29.5. The fourth-order valence-corrected chi connectivity index (χ4v) is 7.09. The van der Waals surface area contributed by atoms with Crippen molar-refractivity contribution in [2.45, 2.75) is 49.8 Å². The Morgan fingerprint density at radius 2 is 1.94 bits per heavy atom. The molecule has 6 heteroatoms. The molecule has 1 N–H and O–H groups in total. The van der Waals surface area contributed by atoms with E-state index in [1.807, 2.05) is 40.1 Å². The van der Waals surface area contributed by atoms with Crippen molar-refractivity contribution in [3.63, 3.8) is 0 Å². The highest BCUT2D eigenvalue weighted by molar-refractivity contribution is 8.00. The number of amides is 1. The Morgan fingerprint density at radius 1 is 1.47 bits per heavy atom. The van der Waals surface area contributed by atoms with E-state index >= 15 is 0 Å². The third kappa shape index (κ3) is 1.81. The highest BCUT2D eigenvalue weighted by Crippen LogP contribution is 2.46. The zero-order valence-corrected chi connectivity index (χ0v) is 13.2. The average Bonchev–Trinajstić information content (AvgIpc) is 2.10. The van der Waals surface area contributed by atoms with E-state index in [0.29, 0.717) is 0 Å². The van der Waals surface area contributed by atoms with E-state index in [9.17, 15) is 14.7 Å². The molecule has 1 aliphatic rings. The van der Waals surface area contributed by atoms with Crippen molar-refractivity contribution >= 4 is 32.4 Å². The summed E-state index contributed by atoms with van der Waals surface area (Å²) < 4.78 is 0. The van der Waals surface area contributed by atoms with Gasteiger partial charge >= 0.3 is 5.97 Å². The molecule has 4 nitrogen and oxygen atoms in total. The predicted octanol–water partition coefficient (Wildman–Crippen LogP) is 1.21. The fraction of sp³-hybridized carbons (Fsp3) is 0.818. The van der Waals surface area contributed by atoms with Gasteiger partial charge in [-0.15, -0.1) is 11.8 Å². The maximum atomic E-state index is 12.1. The number of thioether (sulfide) groups is 1. The summed E-state index contributed by atoms with van der Waals surface area (Å²) in [6.07, 6.45) is 1.82. The van der Waals surface area contributed by atoms with Crippen LogP contribution in [-0.2, 0) is 9.59 Å². The molecule has 1 heterocycles. The van der Waals surface area contributed by atoms with Gasteiger partial charge in [-0.05, 0) is 27.0 Å². The number of carboxylic acids is 1. The van der Waals surface area contributed by atoms with Crippen molar-refractivity contribution in [1.29, 1.82) is 0 Å². The molecule has 1 fully saturated rings. The van der Waals surface area contributed by atoms with Gasteiger partial charge in [0.15, 0.2) is 0 Å². The number of likely N-dealkylation sites (tertiary alicyclic amines) is 1. The van der Waals surface area contributed by atoms with Gasteiger partial charge in [0.2, 0.25) is 5.91 Å². The number of rotatable bonds is 3. The number of carbonyl (C=O) groups is 2. The molecule has 0 spiro atoms. The molecule has 1 aliphatic heterocycles. The minimum absolute atomic E-state index is 0.0337. The molecular formula is C11H21NO3SSi. The highest BCUT2D eigenvalue weighted by Gasteiger charge is 2.69. The Kier molecular flexibility index (Phi) is 3.70. The lowest BCUT2D eigenvalue weighted by atomic mass is 9.91. The van der Waals surface area contributed by atoms with E-state index in [0.717, 1.165) is 0 Å². The minimum Gasteiger partial charge on any atom is -0.480 e. The Hall–Kier alpha value is -0.493. The van der Waals surface area contributed by atoms with Crippen LogP contribution in [0.3, 0.4) is 0 Å². The summed E-state index contributed by atoms with van der Waals surface area (Å²) in [5.41, 5.74) is -0.432. The molecule has 0 aromatic rings. The van der Waals surface area contributed by atoms with Crippen molar-refractivity contribution in [2.75, 3.05) is 6.26 Å². The molecule has 0 bridgehead atoms. The first-order valence-electron chi connectivity index (χ1n) is 5.72. The van der Waals surface area contributed by atoms with Crippen molar-refractivity contribution in [3.8, 4) is 0 Å². The molecule has 1 rings (SSSR count). The quantitative estimate of drug-likeness (QED) is 0.621. The summed E-state index contributed by atoms with van der Waals surface area (Å²) in [5.74, 6) is -0.873. The molecule has 0 aliphatic carbocycles. The molecule has 0 saturated carbocycles. The lowest BCUT2D eigenvalue weighted by Crippen LogP contribution is -2.84. The molecule has 0 aromatic heterocycles. The minimum atomic E-state index is -1.56. The van der Waals surface area contributed by atoms with Crippen LogP contribution in [0, 0.1) is 0 Å². The zero-order chi connectivity index (χ0) is 13.6. The second-order valence-electron chi connectivity index (χ2n) is 5.75. The second kappa shape index (κ2) is 4.31. The topological polar surface area (TPSA) is 57.6 Å². The first-order valence-corrected chi connectivity index (χ1v) is 9.89. The summed E-state index contributed by atoms with van der Waals surface area (Å²) in [6, 6.07) is 0. The van der Waals surface area contributed by atoms with Crippen LogP contribution >= 0.6 is 11.8 Å². The Bertz CT molecular complexity index is 353. The van der Waals surface area contributed by atoms with Gasteiger partial charge in [-0.3, -0.25) is 4.79 Å². The maximum Gasteiger partial charge on any atom is 0.327 e. The van der Waals surface area contributed by atoms with Crippen LogP contribution in [0.5, 0.6) is 0 Å². The number of hydrogen-bond acceptors (Lipinski definition) is 3. The van der Waals surface area contributed by atoms with E-state index in [-0.39, 0.29) is 5.91 Å². The van der Waals surface area contributed by atoms with E-state index in [2.05, 4.69) is 0 Å². The van der Waals surface area contributed by atoms with Gasteiger partial charge in [0.1, 0.15) is 10.4 Å². The smallest absolute Gasteiger partial charge is 0.327 e. The van der Waals surface area contributed by atoms with Crippen LogP contribution in [0.25, 0.3) is 0 Å². The summed E-state index contributed by atoms with van der Waals surface area (Å²) in [6.45, 7) is 9.70. The van der Waals surface area contributed by atoms with E-state index in [1.165, 1.54) is 11.8 Å². The number of nitrogens with zero attached hydrogens (tertiary/aromatic N) is 1. The summed E-state index contributed by atoms with van der Waals surface area (Å²) >= 11 is 1.37. The highest BCUT2D eigenvalue weighted by atomic mass is 32.2. The van der Waals surface area contributed by atoms with Gasteiger partial charge in [0, 0.05) is 5.54 Å². The lowest BCUT2D eigenvalue weighted by Gasteiger charge is -2.61. The average molecular weight is 275 g/mol. The van der Waals surface area contributed by atoms with Crippen molar-refractivity contribution in [2.24, 2.45) is 0 Å². The molecule has 1 amide bonds. The molecule has 1 saturated heterocycles. The fourth-order valence-electron chi connectivity index (χ4n) is 2.72. The van der Waals surface area contributed by atoms with E-state index < -0.39 is 30.7 Å². The molecule has 0 unspecified atom stereocenters. The zero-order valence-electron chi connectivity index (χ0n) is 11.3. The van der Waals surface area contributed by atoms with Crippen molar-refractivity contribution < 1.29 is 14.7 Å². The van der Waals surface area contributed by atoms with Crippen molar-refractivity contribution in [3.05, 3.63) is 0 Å². The number of aliphatic carboxylic acids is 1. The number of carbonyl (C=O) groups excluding carboxylic acids is 1. The standard InChI is InChI=1S/C11H21NO3SSi/c1-10(2,3)12-8(13)7(16-4)11(12,9(14)15)17(5)6/h7,17H,1-6H3,(H,14,15)/t7-,11+/m1/s1. The van der Waals surface area contributed by atoms with Crippen LogP contribution in [-0.4, -0.2) is 52.9 Å². The molecule has 0 radical (unpaired) electrons. The van der Waals surface area contributed by atoms with Crippen molar-refractivity contribution in [1.82, 2.24) is 4.90 Å². The Balaban J connectivity index is 3.31. The first-order chi connectivity index (χ1) is 7.61. The van der Waals surface area contributed by atoms with E-state index in [4.69, 9.17) is 0 Å². The molecular weight excluding hydrogens is 254 g/mol. The molecule has 17 heavy (non-hydrogen) atoms. The monoisotopic (exact) mass is 275 g/mol. The molecule has 98 valence electrons. The van der Waals surface area contributed by atoms with Gasteiger partial charge in [-0.1, -0.05) is 13.1 Å². The molecule has 0 aromatic carbocycles. The van der Waals surface area contributed by atoms with Crippen LogP contribution in [0.2, 0.25) is 13.1 Å². The SMILES string of the molecule is CS[C@@H]1C(=O)N(C(C)(C)C)[C@]1(C(=O)O)[SiH](C)C. The Labute approximate surface area is 108 Å². The number of carboxylic acid groups (broad SMARTS) is 1. The van der Waals surface area contributed by atoms with Gasteiger partial charge in [0.05, 0.1) is 8.80 Å². The third-order valence-electron chi connectivity index (χ3n) is 3.34. The molecule has 2 atom stereocenters.